The molecule has 0 aromatic carbocycles. The Morgan fingerprint density at radius 1 is 1.38 bits per heavy atom. The fraction of sp³-hybridized carbons (Fsp3) is 1.00. The summed E-state index contributed by atoms with van der Waals surface area (Å²) in [4.78, 5) is 0. The van der Waals surface area contributed by atoms with Gasteiger partial charge in [-0.15, -0.1) is 0 Å². The Bertz CT molecular complexity index is 210. The van der Waals surface area contributed by atoms with Crippen molar-refractivity contribution in [1.29, 1.82) is 0 Å². The van der Waals surface area contributed by atoms with Crippen LogP contribution >= 0.6 is 0 Å². The molecule has 2 bridgehead atoms. The molecule has 0 amide bonds. The van der Waals surface area contributed by atoms with Crippen molar-refractivity contribution in [1.82, 2.24) is 0 Å². The van der Waals surface area contributed by atoms with E-state index in [0.717, 1.165) is 12.3 Å². The van der Waals surface area contributed by atoms with Gasteiger partial charge in [0, 0.05) is 12.0 Å². The zero-order chi connectivity index (χ0) is 9.80. The Hall–Kier alpha value is -0.0800. The molecule has 2 nitrogen and oxygen atoms in total. The predicted molar refractivity (Wildman–Crippen MR) is 53.1 cm³/mol. The minimum Gasteiger partial charge on any atom is -0.393 e. The van der Waals surface area contributed by atoms with Gasteiger partial charge in [0.2, 0.25) is 0 Å². The maximum atomic E-state index is 9.58. The Labute approximate surface area is 80.5 Å². The second kappa shape index (κ2) is 2.71. The van der Waals surface area contributed by atoms with Crippen LogP contribution in [0.15, 0.2) is 0 Å². The molecule has 3 rings (SSSR count). The van der Waals surface area contributed by atoms with E-state index in [1.807, 2.05) is 6.92 Å². The molecular weight excluding hydrogens is 162 g/mol. The second-order valence-electron chi connectivity index (χ2n) is 5.58. The van der Waals surface area contributed by atoms with Gasteiger partial charge >= 0.3 is 0 Å². The van der Waals surface area contributed by atoms with E-state index in [1.165, 1.54) is 6.42 Å². The standard InChI is InChI=1S/C11H21NO/c1-6(13)8-4-7-5-9(10(8)12)11(7,2)3/h6-10,13H,4-5,12H2,1-3H3/t6?,7-,8+,9+,10+/m1/s1. The van der Waals surface area contributed by atoms with Crippen LogP contribution < -0.4 is 5.73 Å². The molecule has 3 fully saturated rings. The first kappa shape index (κ1) is 9.47. The van der Waals surface area contributed by atoms with Crippen molar-refractivity contribution < 1.29 is 5.11 Å². The molecule has 0 aromatic heterocycles. The number of aliphatic hydroxyl groups excluding tert-OH is 1. The van der Waals surface area contributed by atoms with Crippen molar-refractivity contribution in [3.05, 3.63) is 0 Å². The molecule has 0 heterocycles. The maximum absolute atomic E-state index is 9.58. The summed E-state index contributed by atoms with van der Waals surface area (Å²) >= 11 is 0. The zero-order valence-corrected chi connectivity index (χ0v) is 8.83. The molecule has 1 unspecified atom stereocenters. The lowest BCUT2D eigenvalue weighted by Crippen LogP contribution is -2.63. The van der Waals surface area contributed by atoms with Gasteiger partial charge in [-0.2, -0.15) is 0 Å². The van der Waals surface area contributed by atoms with Crippen LogP contribution in [-0.4, -0.2) is 17.3 Å². The monoisotopic (exact) mass is 183 g/mol. The first-order valence-electron chi connectivity index (χ1n) is 5.38. The molecule has 5 atom stereocenters. The molecule has 3 N–H and O–H groups in total. The quantitative estimate of drug-likeness (QED) is 0.645. The Kier molecular flexibility index (Phi) is 1.97. The van der Waals surface area contributed by atoms with Crippen molar-refractivity contribution >= 4 is 0 Å². The summed E-state index contributed by atoms with van der Waals surface area (Å²) in [6.07, 6.45) is 2.19. The summed E-state index contributed by atoms with van der Waals surface area (Å²) in [7, 11) is 0. The van der Waals surface area contributed by atoms with E-state index >= 15 is 0 Å². The molecule has 3 saturated carbocycles. The normalized spacial score (nSPS) is 49.6. The van der Waals surface area contributed by atoms with E-state index in [-0.39, 0.29) is 12.1 Å². The maximum Gasteiger partial charge on any atom is 0.0555 e. The third-order valence-electron chi connectivity index (χ3n) is 4.68. The van der Waals surface area contributed by atoms with E-state index in [9.17, 15) is 5.11 Å². The van der Waals surface area contributed by atoms with Crippen LogP contribution in [0.3, 0.4) is 0 Å². The lowest BCUT2D eigenvalue weighted by Gasteiger charge is -2.62. The highest BCUT2D eigenvalue weighted by molar-refractivity contribution is 5.08. The van der Waals surface area contributed by atoms with E-state index in [0.29, 0.717) is 17.3 Å². The van der Waals surface area contributed by atoms with Crippen LogP contribution in [0.2, 0.25) is 0 Å². The number of fused-ring (bicyclic) bond motifs is 2. The summed E-state index contributed by atoms with van der Waals surface area (Å²) in [5.74, 6) is 1.79. The van der Waals surface area contributed by atoms with Crippen LogP contribution in [0, 0.1) is 23.2 Å². The number of hydrogen-bond donors (Lipinski definition) is 2. The summed E-state index contributed by atoms with van der Waals surface area (Å²) in [5, 5.41) is 9.58. The first-order chi connectivity index (χ1) is 5.94. The van der Waals surface area contributed by atoms with E-state index < -0.39 is 0 Å². The molecule has 13 heavy (non-hydrogen) atoms. The van der Waals surface area contributed by atoms with Crippen LogP contribution in [0.5, 0.6) is 0 Å². The van der Waals surface area contributed by atoms with Crippen molar-refractivity contribution in [3.8, 4) is 0 Å². The van der Waals surface area contributed by atoms with Crippen LogP contribution in [0.25, 0.3) is 0 Å². The fourth-order valence-corrected chi connectivity index (χ4v) is 3.41. The molecule has 3 aliphatic carbocycles. The smallest absolute Gasteiger partial charge is 0.0555 e. The summed E-state index contributed by atoms with van der Waals surface area (Å²) in [5.41, 5.74) is 6.61. The zero-order valence-electron chi connectivity index (χ0n) is 8.83. The van der Waals surface area contributed by atoms with Crippen molar-refractivity contribution in [2.75, 3.05) is 0 Å². The van der Waals surface area contributed by atoms with Gasteiger partial charge in [-0.1, -0.05) is 13.8 Å². The van der Waals surface area contributed by atoms with Gasteiger partial charge in [0.1, 0.15) is 0 Å². The van der Waals surface area contributed by atoms with Crippen molar-refractivity contribution in [2.45, 2.75) is 45.8 Å². The second-order valence-corrected chi connectivity index (χ2v) is 5.58. The molecule has 0 spiro atoms. The molecule has 0 aromatic rings. The SMILES string of the molecule is CC(O)[C@@H]1C[C@@H]2C[C@@H]([C@H]1N)C2(C)C. The Balaban J connectivity index is 2.12. The number of hydrogen-bond acceptors (Lipinski definition) is 2. The van der Waals surface area contributed by atoms with Crippen LogP contribution in [-0.2, 0) is 0 Å². The predicted octanol–water partition coefficient (Wildman–Crippen LogP) is 1.38. The third kappa shape index (κ3) is 1.15. The molecule has 76 valence electrons. The Morgan fingerprint density at radius 3 is 2.38 bits per heavy atom. The molecule has 2 heteroatoms. The van der Waals surface area contributed by atoms with Crippen LogP contribution in [0.4, 0.5) is 0 Å². The molecule has 0 saturated heterocycles. The van der Waals surface area contributed by atoms with Gasteiger partial charge in [-0.3, -0.25) is 0 Å². The van der Waals surface area contributed by atoms with E-state index in [4.69, 9.17) is 5.73 Å². The highest BCUT2D eigenvalue weighted by atomic mass is 16.3. The summed E-state index contributed by atoms with van der Waals surface area (Å²) in [6, 6.07) is 0.222. The largest absolute Gasteiger partial charge is 0.393 e. The fourth-order valence-electron chi connectivity index (χ4n) is 3.41. The summed E-state index contributed by atoms with van der Waals surface area (Å²) < 4.78 is 0. The molecular formula is C11H21NO. The van der Waals surface area contributed by atoms with Crippen molar-refractivity contribution in [3.63, 3.8) is 0 Å². The minimum atomic E-state index is -0.226. The van der Waals surface area contributed by atoms with Crippen molar-refractivity contribution in [2.24, 2.45) is 28.9 Å². The van der Waals surface area contributed by atoms with Gasteiger partial charge in [0.15, 0.2) is 0 Å². The van der Waals surface area contributed by atoms with Gasteiger partial charge in [-0.05, 0) is 37.0 Å². The lowest BCUT2D eigenvalue weighted by molar-refractivity contribution is -0.125. The topological polar surface area (TPSA) is 46.2 Å². The average Bonchev–Trinajstić information content (AvgIpc) is 2.02. The van der Waals surface area contributed by atoms with Crippen LogP contribution in [0.1, 0.15) is 33.6 Å². The Morgan fingerprint density at radius 2 is 2.00 bits per heavy atom. The first-order valence-corrected chi connectivity index (χ1v) is 5.38. The van der Waals surface area contributed by atoms with Gasteiger partial charge in [0.25, 0.3) is 0 Å². The van der Waals surface area contributed by atoms with E-state index in [2.05, 4.69) is 13.8 Å². The van der Waals surface area contributed by atoms with Gasteiger partial charge in [0.05, 0.1) is 6.10 Å². The highest BCUT2D eigenvalue weighted by Crippen LogP contribution is 2.60. The van der Waals surface area contributed by atoms with Gasteiger partial charge < -0.3 is 10.8 Å². The van der Waals surface area contributed by atoms with E-state index in [1.54, 1.807) is 0 Å². The number of nitrogens with two attached hydrogens (primary N) is 1. The summed E-state index contributed by atoms with van der Waals surface area (Å²) in [6.45, 7) is 6.52. The molecule has 0 radical (unpaired) electrons. The minimum absolute atomic E-state index is 0.222. The lowest BCUT2D eigenvalue weighted by atomic mass is 9.44. The third-order valence-corrected chi connectivity index (χ3v) is 4.68. The number of aliphatic hydroxyl groups is 1. The average molecular weight is 183 g/mol. The molecule has 3 aliphatic rings. The number of rotatable bonds is 1. The molecule has 0 aliphatic heterocycles. The highest BCUT2D eigenvalue weighted by Gasteiger charge is 2.57. The van der Waals surface area contributed by atoms with Gasteiger partial charge in [-0.25, -0.2) is 0 Å².